The van der Waals surface area contributed by atoms with E-state index in [0.29, 0.717) is 5.92 Å². The number of nitrogens with one attached hydrogen (secondary N) is 1. The fraction of sp³-hybridized carbons (Fsp3) is 0.412. The van der Waals surface area contributed by atoms with Crippen molar-refractivity contribution in [2.24, 2.45) is 0 Å². The van der Waals surface area contributed by atoms with E-state index in [1.807, 2.05) is 0 Å². The highest BCUT2D eigenvalue weighted by Crippen LogP contribution is 2.29. The molecule has 1 N–H and O–H groups in total. The standard InChI is InChI=1S/C17H22BrN3/c1-5-19-17-15(18)16(11(2)3)20-14(21-17)10-13-9-7-6-8-12(13)4/h6-9,11H,5,10H2,1-4H3,(H,19,20,21). The molecule has 0 spiro atoms. The lowest BCUT2D eigenvalue weighted by molar-refractivity contribution is 0.783. The van der Waals surface area contributed by atoms with E-state index in [9.17, 15) is 0 Å². The van der Waals surface area contributed by atoms with Crippen LogP contribution in [0.15, 0.2) is 28.7 Å². The first-order valence-corrected chi connectivity index (χ1v) is 8.16. The number of nitrogens with zero attached hydrogens (tertiary/aromatic N) is 2. The summed E-state index contributed by atoms with van der Waals surface area (Å²) in [7, 11) is 0. The second kappa shape index (κ2) is 7.03. The summed E-state index contributed by atoms with van der Waals surface area (Å²) in [6.07, 6.45) is 0.762. The van der Waals surface area contributed by atoms with Crippen LogP contribution in [0.25, 0.3) is 0 Å². The number of aromatic nitrogens is 2. The number of rotatable bonds is 5. The summed E-state index contributed by atoms with van der Waals surface area (Å²) in [4.78, 5) is 9.43. The number of halogens is 1. The Morgan fingerprint density at radius 2 is 1.90 bits per heavy atom. The van der Waals surface area contributed by atoms with Crippen LogP contribution in [0.4, 0.5) is 5.82 Å². The number of hydrogen-bond donors (Lipinski definition) is 1. The normalized spacial score (nSPS) is 11.0. The van der Waals surface area contributed by atoms with E-state index >= 15 is 0 Å². The molecule has 1 aromatic heterocycles. The summed E-state index contributed by atoms with van der Waals surface area (Å²) < 4.78 is 0.980. The molecule has 3 nitrogen and oxygen atoms in total. The zero-order chi connectivity index (χ0) is 15.4. The average Bonchev–Trinajstić information content (AvgIpc) is 2.44. The van der Waals surface area contributed by atoms with Gasteiger partial charge >= 0.3 is 0 Å². The van der Waals surface area contributed by atoms with Crippen LogP contribution < -0.4 is 5.32 Å². The molecular weight excluding hydrogens is 326 g/mol. The number of hydrogen-bond acceptors (Lipinski definition) is 3. The van der Waals surface area contributed by atoms with Gasteiger partial charge in [-0.25, -0.2) is 9.97 Å². The lowest BCUT2D eigenvalue weighted by atomic mass is 10.1. The molecule has 0 saturated carbocycles. The highest BCUT2D eigenvalue weighted by Gasteiger charge is 2.15. The summed E-state index contributed by atoms with van der Waals surface area (Å²) in [5, 5.41) is 3.31. The van der Waals surface area contributed by atoms with Gasteiger partial charge in [-0.05, 0) is 46.8 Å². The third kappa shape index (κ3) is 3.82. The van der Waals surface area contributed by atoms with E-state index < -0.39 is 0 Å². The molecule has 0 aliphatic carbocycles. The fourth-order valence-electron chi connectivity index (χ4n) is 2.24. The molecular formula is C17H22BrN3. The summed E-state index contributed by atoms with van der Waals surface area (Å²) >= 11 is 3.63. The van der Waals surface area contributed by atoms with Crippen molar-refractivity contribution in [3.05, 3.63) is 51.4 Å². The minimum absolute atomic E-state index is 0.357. The third-order valence-corrected chi connectivity index (χ3v) is 4.21. The zero-order valence-electron chi connectivity index (χ0n) is 13.1. The molecule has 0 aliphatic rings. The van der Waals surface area contributed by atoms with Crippen LogP contribution in [0, 0.1) is 6.92 Å². The molecule has 0 aliphatic heterocycles. The quantitative estimate of drug-likeness (QED) is 0.852. The lowest BCUT2D eigenvalue weighted by Crippen LogP contribution is -2.09. The summed E-state index contributed by atoms with van der Waals surface area (Å²) in [5.41, 5.74) is 3.61. The minimum atomic E-state index is 0.357. The number of anilines is 1. The van der Waals surface area contributed by atoms with Crippen LogP contribution in [0.5, 0.6) is 0 Å². The molecule has 112 valence electrons. The zero-order valence-corrected chi connectivity index (χ0v) is 14.7. The van der Waals surface area contributed by atoms with Gasteiger partial charge in [-0.1, -0.05) is 38.1 Å². The van der Waals surface area contributed by atoms with Crippen molar-refractivity contribution < 1.29 is 0 Å². The van der Waals surface area contributed by atoms with Gasteiger partial charge in [-0.2, -0.15) is 0 Å². The van der Waals surface area contributed by atoms with Crippen molar-refractivity contribution in [2.45, 2.75) is 40.0 Å². The molecule has 1 aromatic carbocycles. The molecule has 2 aromatic rings. The maximum Gasteiger partial charge on any atom is 0.144 e. The predicted molar refractivity (Wildman–Crippen MR) is 92.0 cm³/mol. The van der Waals surface area contributed by atoms with E-state index in [1.54, 1.807) is 0 Å². The molecule has 0 saturated heterocycles. The van der Waals surface area contributed by atoms with Crippen molar-refractivity contribution in [3.63, 3.8) is 0 Å². The minimum Gasteiger partial charge on any atom is -0.369 e. The summed E-state index contributed by atoms with van der Waals surface area (Å²) in [5.74, 6) is 2.11. The highest BCUT2D eigenvalue weighted by atomic mass is 79.9. The molecule has 0 fully saturated rings. The Morgan fingerprint density at radius 1 is 1.19 bits per heavy atom. The average molecular weight is 348 g/mol. The lowest BCUT2D eigenvalue weighted by Gasteiger charge is -2.15. The molecule has 4 heteroatoms. The van der Waals surface area contributed by atoms with Gasteiger partial charge in [-0.15, -0.1) is 0 Å². The maximum absolute atomic E-state index is 4.75. The summed E-state index contributed by atoms with van der Waals surface area (Å²) in [6.45, 7) is 9.35. The Hall–Kier alpha value is -1.42. The predicted octanol–water partition coefficient (Wildman–Crippen LogP) is 4.69. The molecule has 0 bridgehead atoms. The highest BCUT2D eigenvalue weighted by molar-refractivity contribution is 9.10. The van der Waals surface area contributed by atoms with Gasteiger partial charge < -0.3 is 5.32 Å². The van der Waals surface area contributed by atoms with Gasteiger partial charge in [0.2, 0.25) is 0 Å². The van der Waals surface area contributed by atoms with Crippen molar-refractivity contribution >= 4 is 21.7 Å². The Balaban J connectivity index is 2.41. The first-order valence-electron chi connectivity index (χ1n) is 7.37. The fourth-order valence-corrected chi connectivity index (χ4v) is 3.01. The van der Waals surface area contributed by atoms with Gasteiger partial charge in [0.15, 0.2) is 0 Å². The molecule has 0 atom stereocenters. The van der Waals surface area contributed by atoms with Gasteiger partial charge in [0.25, 0.3) is 0 Å². The number of aryl methyl sites for hydroxylation is 1. The summed E-state index contributed by atoms with van der Waals surface area (Å²) in [6, 6.07) is 8.39. The first kappa shape index (κ1) is 16.0. The Morgan fingerprint density at radius 3 is 2.52 bits per heavy atom. The second-order valence-electron chi connectivity index (χ2n) is 5.48. The van der Waals surface area contributed by atoms with E-state index in [-0.39, 0.29) is 0 Å². The molecule has 1 heterocycles. The maximum atomic E-state index is 4.75. The van der Waals surface area contributed by atoms with Crippen molar-refractivity contribution in [3.8, 4) is 0 Å². The Kier molecular flexibility index (Phi) is 5.34. The largest absolute Gasteiger partial charge is 0.369 e. The smallest absolute Gasteiger partial charge is 0.144 e. The third-order valence-electron chi connectivity index (χ3n) is 3.42. The van der Waals surface area contributed by atoms with Crippen LogP contribution in [0.1, 0.15) is 49.3 Å². The molecule has 0 unspecified atom stereocenters. The topological polar surface area (TPSA) is 37.8 Å². The van der Waals surface area contributed by atoms with Crippen LogP contribution in [0.2, 0.25) is 0 Å². The Labute approximate surface area is 135 Å². The van der Waals surface area contributed by atoms with Gasteiger partial charge in [0, 0.05) is 13.0 Å². The van der Waals surface area contributed by atoms with E-state index in [1.165, 1.54) is 11.1 Å². The van der Waals surface area contributed by atoms with Crippen molar-refractivity contribution in [2.75, 3.05) is 11.9 Å². The van der Waals surface area contributed by atoms with Crippen LogP contribution in [-0.4, -0.2) is 16.5 Å². The monoisotopic (exact) mass is 347 g/mol. The Bertz CT molecular complexity index is 623. The van der Waals surface area contributed by atoms with E-state index in [0.717, 1.165) is 34.8 Å². The van der Waals surface area contributed by atoms with Gasteiger partial charge in [0.05, 0.1) is 10.2 Å². The molecule has 21 heavy (non-hydrogen) atoms. The van der Waals surface area contributed by atoms with Gasteiger partial charge in [-0.3, -0.25) is 0 Å². The van der Waals surface area contributed by atoms with Crippen LogP contribution in [0.3, 0.4) is 0 Å². The van der Waals surface area contributed by atoms with Crippen LogP contribution in [-0.2, 0) is 6.42 Å². The SMILES string of the molecule is CCNc1nc(Cc2ccccc2C)nc(C(C)C)c1Br. The molecule has 0 radical (unpaired) electrons. The molecule has 0 amide bonds. The van der Waals surface area contributed by atoms with Crippen molar-refractivity contribution in [1.82, 2.24) is 9.97 Å². The van der Waals surface area contributed by atoms with Gasteiger partial charge in [0.1, 0.15) is 11.6 Å². The van der Waals surface area contributed by atoms with Crippen molar-refractivity contribution in [1.29, 1.82) is 0 Å². The number of benzene rings is 1. The second-order valence-corrected chi connectivity index (χ2v) is 6.27. The van der Waals surface area contributed by atoms with E-state index in [2.05, 4.69) is 78.2 Å². The van der Waals surface area contributed by atoms with Crippen LogP contribution >= 0.6 is 15.9 Å². The first-order chi connectivity index (χ1) is 10.0. The van der Waals surface area contributed by atoms with E-state index in [4.69, 9.17) is 4.98 Å². The molecule has 2 rings (SSSR count).